The van der Waals surface area contributed by atoms with Crippen LogP contribution in [0.1, 0.15) is 42.5 Å². The van der Waals surface area contributed by atoms with Gasteiger partial charge in [0.25, 0.3) is 0 Å². The SMILES string of the molecule is Cc1nn(C)cc1CN1CCC2(CCCN(Cc3cccnc3)C2=O)CC1.O=C(O)C(F)(F)F.O=C(O)C(F)(F)F. The number of amides is 1. The molecule has 2 aromatic rings. The molecule has 228 valence electrons. The van der Waals surface area contributed by atoms with Crippen molar-refractivity contribution >= 4 is 17.8 Å². The van der Waals surface area contributed by atoms with E-state index in [1.54, 1.807) is 6.20 Å². The second-order valence-electron chi connectivity index (χ2n) is 9.77. The minimum Gasteiger partial charge on any atom is -0.475 e. The highest BCUT2D eigenvalue weighted by Gasteiger charge is 2.45. The number of aryl methyl sites for hydroxylation is 2. The van der Waals surface area contributed by atoms with Crippen LogP contribution in [0.25, 0.3) is 0 Å². The Labute approximate surface area is 231 Å². The van der Waals surface area contributed by atoms with E-state index in [0.29, 0.717) is 12.5 Å². The summed E-state index contributed by atoms with van der Waals surface area (Å²) in [5.41, 5.74) is 3.36. The first-order valence-electron chi connectivity index (χ1n) is 12.4. The van der Waals surface area contributed by atoms with Gasteiger partial charge in [0.2, 0.25) is 5.91 Å². The maximum absolute atomic E-state index is 13.3. The van der Waals surface area contributed by atoms with Crippen molar-refractivity contribution in [3.05, 3.63) is 47.5 Å². The van der Waals surface area contributed by atoms with Crippen LogP contribution >= 0.6 is 0 Å². The molecule has 2 N–H and O–H groups in total. The van der Waals surface area contributed by atoms with Crippen molar-refractivity contribution in [2.75, 3.05) is 19.6 Å². The molecule has 0 atom stereocenters. The predicted octanol–water partition coefficient (Wildman–Crippen LogP) is 3.79. The van der Waals surface area contributed by atoms with Crippen LogP contribution in [0.3, 0.4) is 0 Å². The van der Waals surface area contributed by atoms with E-state index in [4.69, 9.17) is 19.8 Å². The second-order valence-corrected chi connectivity index (χ2v) is 9.77. The third kappa shape index (κ3) is 10.0. The lowest BCUT2D eigenvalue weighted by molar-refractivity contribution is -0.193. The van der Waals surface area contributed by atoms with Gasteiger partial charge in [0.05, 0.1) is 11.1 Å². The Morgan fingerprint density at radius 1 is 0.976 bits per heavy atom. The number of halogens is 6. The number of likely N-dealkylation sites (tertiary alicyclic amines) is 2. The fourth-order valence-corrected chi connectivity index (χ4v) is 4.66. The highest BCUT2D eigenvalue weighted by Crippen LogP contribution is 2.41. The van der Waals surface area contributed by atoms with Gasteiger partial charge in [-0.15, -0.1) is 0 Å². The minimum absolute atomic E-state index is 0.152. The minimum atomic E-state index is -5.08. The number of hydrogen-bond donors (Lipinski definition) is 2. The molecule has 0 aliphatic carbocycles. The Bertz CT molecular complexity index is 1150. The number of aromatic nitrogens is 3. The quantitative estimate of drug-likeness (QED) is 0.511. The van der Waals surface area contributed by atoms with Crippen molar-refractivity contribution in [1.29, 1.82) is 0 Å². The zero-order chi connectivity index (χ0) is 31.0. The van der Waals surface area contributed by atoms with Crippen LogP contribution in [0, 0.1) is 12.3 Å². The lowest BCUT2D eigenvalue weighted by Gasteiger charge is -2.46. The molecule has 0 saturated carbocycles. The summed E-state index contributed by atoms with van der Waals surface area (Å²) in [5.74, 6) is -5.16. The van der Waals surface area contributed by atoms with Crippen LogP contribution in [0.15, 0.2) is 30.7 Å². The van der Waals surface area contributed by atoms with E-state index in [2.05, 4.69) is 39.1 Å². The molecule has 4 heterocycles. The number of carboxylic acids is 2. The zero-order valence-corrected chi connectivity index (χ0v) is 22.4. The molecular formula is C25H31F6N5O5. The van der Waals surface area contributed by atoms with Gasteiger partial charge in [-0.3, -0.25) is 19.4 Å². The molecule has 2 saturated heterocycles. The average Bonchev–Trinajstić information content (AvgIpc) is 3.20. The van der Waals surface area contributed by atoms with Crippen LogP contribution in [-0.4, -0.2) is 84.6 Å². The van der Waals surface area contributed by atoms with Crippen LogP contribution in [0.4, 0.5) is 26.3 Å². The highest BCUT2D eigenvalue weighted by molar-refractivity contribution is 5.83. The molecule has 4 rings (SSSR count). The topological polar surface area (TPSA) is 129 Å². The maximum atomic E-state index is 13.3. The Hall–Kier alpha value is -3.69. The van der Waals surface area contributed by atoms with E-state index >= 15 is 0 Å². The number of hydrogen-bond acceptors (Lipinski definition) is 6. The molecule has 2 fully saturated rings. The van der Waals surface area contributed by atoms with Crippen LogP contribution in [0.5, 0.6) is 0 Å². The molecular weight excluding hydrogens is 564 g/mol. The number of carbonyl (C=O) groups is 3. The Morgan fingerprint density at radius 2 is 1.54 bits per heavy atom. The number of alkyl halides is 6. The molecule has 2 aliphatic heterocycles. The van der Waals surface area contributed by atoms with Crippen molar-refractivity contribution in [3.8, 4) is 0 Å². The Kier molecular flexibility index (Phi) is 11.3. The fraction of sp³-hybridized carbons (Fsp3) is 0.560. The zero-order valence-electron chi connectivity index (χ0n) is 22.4. The molecule has 16 heteroatoms. The summed E-state index contributed by atoms with van der Waals surface area (Å²) in [6, 6.07) is 4.00. The number of pyridine rings is 1. The van der Waals surface area contributed by atoms with Crippen LogP contribution in [-0.2, 0) is 34.5 Å². The highest BCUT2D eigenvalue weighted by atomic mass is 19.4. The number of carbonyl (C=O) groups excluding carboxylic acids is 1. The lowest BCUT2D eigenvalue weighted by Crippen LogP contribution is -2.53. The number of rotatable bonds is 4. The third-order valence-corrected chi connectivity index (χ3v) is 6.73. The summed E-state index contributed by atoms with van der Waals surface area (Å²) in [6.07, 6.45) is -0.330. The average molecular weight is 596 g/mol. The molecule has 41 heavy (non-hydrogen) atoms. The van der Waals surface area contributed by atoms with Gasteiger partial charge < -0.3 is 15.1 Å². The molecule has 0 bridgehead atoms. The van der Waals surface area contributed by atoms with E-state index in [1.807, 2.05) is 24.0 Å². The summed E-state index contributed by atoms with van der Waals surface area (Å²) < 4.78 is 65.4. The van der Waals surface area contributed by atoms with E-state index < -0.39 is 24.3 Å². The molecule has 10 nitrogen and oxygen atoms in total. The smallest absolute Gasteiger partial charge is 0.475 e. The molecule has 2 aliphatic rings. The lowest BCUT2D eigenvalue weighted by atomic mass is 9.71. The van der Waals surface area contributed by atoms with Gasteiger partial charge in [-0.05, 0) is 57.3 Å². The first kappa shape index (κ1) is 33.5. The van der Waals surface area contributed by atoms with Gasteiger partial charge in [-0.1, -0.05) is 6.07 Å². The number of carboxylic acid groups (broad SMARTS) is 2. The Balaban J connectivity index is 0.000000349. The number of nitrogens with zero attached hydrogens (tertiary/aromatic N) is 5. The fourth-order valence-electron chi connectivity index (χ4n) is 4.66. The third-order valence-electron chi connectivity index (χ3n) is 6.73. The van der Waals surface area contributed by atoms with Crippen molar-refractivity contribution in [2.24, 2.45) is 12.5 Å². The first-order valence-corrected chi connectivity index (χ1v) is 12.4. The first-order chi connectivity index (χ1) is 18.9. The van der Waals surface area contributed by atoms with E-state index in [0.717, 1.165) is 63.1 Å². The standard InChI is InChI=1S/C21H29N5O.2C2HF3O2/c1-17-19(15-24(2)23-17)16-25-11-7-21(8-12-25)6-4-10-26(20(21)27)14-18-5-3-9-22-13-18;2*3-2(4,5)1(6)7/h3,5,9,13,15H,4,6-8,10-12,14,16H2,1-2H3;2*(H,6,7). The van der Waals surface area contributed by atoms with Gasteiger partial charge in [-0.2, -0.15) is 31.4 Å². The molecule has 0 unspecified atom stereocenters. The Morgan fingerprint density at radius 3 is 1.98 bits per heavy atom. The largest absolute Gasteiger partial charge is 0.490 e. The second kappa shape index (κ2) is 13.8. The summed E-state index contributed by atoms with van der Waals surface area (Å²) in [7, 11) is 1.97. The maximum Gasteiger partial charge on any atom is 0.490 e. The van der Waals surface area contributed by atoms with Crippen molar-refractivity contribution in [1.82, 2.24) is 24.6 Å². The van der Waals surface area contributed by atoms with E-state index in [-0.39, 0.29) is 5.41 Å². The van der Waals surface area contributed by atoms with Gasteiger partial charge in [0.15, 0.2) is 0 Å². The summed E-state index contributed by atoms with van der Waals surface area (Å²) in [6.45, 7) is 6.54. The predicted molar refractivity (Wildman–Crippen MR) is 131 cm³/mol. The number of piperidine rings is 2. The van der Waals surface area contributed by atoms with Crippen LogP contribution in [0.2, 0.25) is 0 Å². The van der Waals surface area contributed by atoms with Gasteiger partial charge >= 0.3 is 24.3 Å². The monoisotopic (exact) mass is 595 g/mol. The van der Waals surface area contributed by atoms with Crippen molar-refractivity contribution < 1.29 is 50.9 Å². The van der Waals surface area contributed by atoms with Crippen molar-refractivity contribution in [2.45, 2.75) is 58.0 Å². The number of aliphatic carboxylic acids is 2. The van der Waals surface area contributed by atoms with Gasteiger partial charge in [0, 0.05) is 50.8 Å². The van der Waals surface area contributed by atoms with Crippen LogP contribution < -0.4 is 0 Å². The summed E-state index contributed by atoms with van der Waals surface area (Å²) in [4.78, 5) is 39.8. The molecule has 0 aromatic carbocycles. The summed E-state index contributed by atoms with van der Waals surface area (Å²) in [5, 5.41) is 18.7. The molecule has 1 amide bonds. The van der Waals surface area contributed by atoms with Gasteiger partial charge in [0.1, 0.15) is 0 Å². The summed E-state index contributed by atoms with van der Waals surface area (Å²) >= 11 is 0. The van der Waals surface area contributed by atoms with E-state index in [1.165, 1.54) is 5.56 Å². The van der Waals surface area contributed by atoms with Crippen molar-refractivity contribution in [3.63, 3.8) is 0 Å². The van der Waals surface area contributed by atoms with Gasteiger partial charge in [-0.25, -0.2) is 9.59 Å². The molecule has 1 spiro atoms. The normalized spacial score (nSPS) is 17.3. The molecule has 0 radical (unpaired) electrons. The van der Waals surface area contributed by atoms with E-state index in [9.17, 15) is 31.1 Å². The molecule has 2 aromatic heterocycles.